The summed E-state index contributed by atoms with van der Waals surface area (Å²) in [4.78, 5) is 0. The van der Waals surface area contributed by atoms with Crippen LogP contribution in [-0.2, 0) is 14.8 Å². The lowest BCUT2D eigenvalue weighted by Gasteiger charge is -2.35. The first-order valence-corrected chi connectivity index (χ1v) is 8.42. The largest absolute Gasteiger partial charge is 0.373 e. The van der Waals surface area contributed by atoms with Crippen molar-refractivity contribution < 1.29 is 13.2 Å². The third-order valence-electron chi connectivity index (χ3n) is 3.68. The summed E-state index contributed by atoms with van der Waals surface area (Å²) >= 11 is 0. The van der Waals surface area contributed by atoms with Crippen LogP contribution in [0.2, 0.25) is 0 Å². The zero-order valence-electron chi connectivity index (χ0n) is 11.3. The molecule has 2 saturated heterocycles. The van der Waals surface area contributed by atoms with Crippen LogP contribution in [0.15, 0.2) is 0 Å². The highest BCUT2D eigenvalue weighted by molar-refractivity contribution is 7.89. The number of nitrogens with one attached hydrogen (secondary N) is 1. The van der Waals surface area contributed by atoms with E-state index in [1.807, 2.05) is 13.8 Å². The van der Waals surface area contributed by atoms with Gasteiger partial charge in [-0.2, -0.15) is 4.31 Å². The summed E-state index contributed by atoms with van der Waals surface area (Å²) in [6.45, 7) is 6.74. The zero-order valence-corrected chi connectivity index (χ0v) is 12.1. The molecular weight excluding hydrogens is 252 g/mol. The van der Waals surface area contributed by atoms with Gasteiger partial charge < -0.3 is 10.1 Å². The molecule has 2 rings (SSSR count). The van der Waals surface area contributed by atoms with Gasteiger partial charge in [-0.05, 0) is 45.7 Å². The number of ether oxygens (including phenoxy) is 1. The van der Waals surface area contributed by atoms with Crippen molar-refractivity contribution in [3.05, 3.63) is 0 Å². The molecule has 0 saturated carbocycles. The molecule has 0 radical (unpaired) electrons. The highest BCUT2D eigenvalue weighted by atomic mass is 32.2. The fourth-order valence-corrected chi connectivity index (χ4v) is 4.82. The number of piperidine rings is 1. The van der Waals surface area contributed by atoms with Crippen molar-refractivity contribution in [2.24, 2.45) is 5.92 Å². The lowest BCUT2D eigenvalue weighted by Crippen LogP contribution is -2.49. The molecule has 18 heavy (non-hydrogen) atoms. The molecule has 2 heterocycles. The van der Waals surface area contributed by atoms with Gasteiger partial charge in [0.1, 0.15) is 0 Å². The number of rotatable bonds is 3. The molecule has 2 aliphatic rings. The fourth-order valence-electron chi connectivity index (χ4n) is 2.81. The summed E-state index contributed by atoms with van der Waals surface area (Å²) in [5.74, 6) is 0.610. The lowest BCUT2D eigenvalue weighted by atomic mass is 10.0. The average Bonchev–Trinajstić information content (AvgIpc) is 2.28. The Hall–Kier alpha value is -0.170. The van der Waals surface area contributed by atoms with E-state index in [4.69, 9.17) is 4.74 Å². The van der Waals surface area contributed by atoms with Crippen molar-refractivity contribution in [3.8, 4) is 0 Å². The monoisotopic (exact) mass is 276 g/mol. The van der Waals surface area contributed by atoms with Crippen molar-refractivity contribution in [1.29, 1.82) is 0 Å². The van der Waals surface area contributed by atoms with Gasteiger partial charge in [0.05, 0.1) is 18.0 Å². The maximum atomic E-state index is 12.4. The minimum absolute atomic E-state index is 0.00320. The van der Waals surface area contributed by atoms with Crippen LogP contribution >= 0.6 is 0 Å². The second-order valence-electron chi connectivity index (χ2n) is 5.55. The molecule has 5 nitrogen and oxygen atoms in total. The highest BCUT2D eigenvalue weighted by Crippen LogP contribution is 2.20. The predicted molar refractivity (Wildman–Crippen MR) is 71.0 cm³/mol. The molecule has 106 valence electrons. The van der Waals surface area contributed by atoms with Gasteiger partial charge in [-0.25, -0.2) is 8.42 Å². The van der Waals surface area contributed by atoms with E-state index in [1.165, 1.54) is 0 Å². The average molecular weight is 276 g/mol. The Balaban J connectivity index is 1.96. The molecule has 0 aromatic rings. The second-order valence-corrected chi connectivity index (χ2v) is 7.56. The molecule has 2 fully saturated rings. The summed E-state index contributed by atoms with van der Waals surface area (Å²) in [7, 11) is -3.12. The van der Waals surface area contributed by atoms with E-state index in [1.54, 1.807) is 4.31 Å². The van der Waals surface area contributed by atoms with Gasteiger partial charge in [0.2, 0.25) is 10.0 Å². The van der Waals surface area contributed by atoms with E-state index in [0.717, 1.165) is 25.9 Å². The molecule has 0 aromatic heterocycles. The number of nitrogens with zero attached hydrogens (tertiary/aromatic N) is 1. The highest BCUT2D eigenvalue weighted by Gasteiger charge is 2.32. The molecule has 0 spiro atoms. The maximum absolute atomic E-state index is 12.4. The molecule has 0 amide bonds. The zero-order chi connectivity index (χ0) is 13.2. The van der Waals surface area contributed by atoms with Crippen molar-refractivity contribution in [2.45, 2.75) is 38.9 Å². The Kier molecular flexibility index (Phi) is 4.64. The normalized spacial score (nSPS) is 32.6. The molecule has 2 aliphatic heterocycles. The van der Waals surface area contributed by atoms with Crippen molar-refractivity contribution in [1.82, 2.24) is 9.62 Å². The minimum Gasteiger partial charge on any atom is -0.373 e. The summed E-state index contributed by atoms with van der Waals surface area (Å²) in [6.07, 6.45) is 1.93. The van der Waals surface area contributed by atoms with Gasteiger partial charge in [-0.3, -0.25) is 0 Å². The smallest absolute Gasteiger partial charge is 0.214 e. The Bertz CT molecular complexity index is 356. The van der Waals surface area contributed by atoms with Gasteiger partial charge in [0, 0.05) is 13.1 Å². The Morgan fingerprint density at radius 3 is 2.28 bits per heavy atom. The third-order valence-corrected chi connectivity index (χ3v) is 5.66. The maximum Gasteiger partial charge on any atom is 0.214 e. The summed E-state index contributed by atoms with van der Waals surface area (Å²) in [5.41, 5.74) is 0. The van der Waals surface area contributed by atoms with Crippen LogP contribution in [0.5, 0.6) is 0 Å². The summed E-state index contributed by atoms with van der Waals surface area (Å²) in [6, 6.07) is 0. The lowest BCUT2D eigenvalue weighted by molar-refractivity contribution is -0.0441. The summed E-state index contributed by atoms with van der Waals surface area (Å²) < 4.78 is 32.0. The molecule has 1 N–H and O–H groups in total. The molecular formula is C12H24N2O3S. The van der Waals surface area contributed by atoms with E-state index in [9.17, 15) is 8.42 Å². The van der Waals surface area contributed by atoms with E-state index < -0.39 is 10.0 Å². The number of sulfonamides is 1. The van der Waals surface area contributed by atoms with Crippen LogP contribution in [0.1, 0.15) is 26.7 Å². The minimum atomic E-state index is -3.12. The third kappa shape index (κ3) is 3.66. The fraction of sp³-hybridized carbons (Fsp3) is 1.00. The topological polar surface area (TPSA) is 58.6 Å². The Labute approximate surface area is 110 Å². The molecule has 2 atom stereocenters. The quantitative estimate of drug-likeness (QED) is 0.812. The number of hydrogen-bond donors (Lipinski definition) is 1. The SMILES string of the molecule is CC1CN(S(=O)(=O)CC2CCNCC2)CC(C)O1. The molecule has 2 unspecified atom stereocenters. The molecule has 0 bridgehead atoms. The van der Waals surface area contributed by atoms with E-state index in [2.05, 4.69) is 5.32 Å². The van der Waals surface area contributed by atoms with Gasteiger partial charge >= 0.3 is 0 Å². The van der Waals surface area contributed by atoms with Gasteiger partial charge in [-0.1, -0.05) is 0 Å². The van der Waals surface area contributed by atoms with Crippen LogP contribution < -0.4 is 5.32 Å². The van der Waals surface area contributed by atoms with E-state index in [0.29, 0.717) is 24.8 Å². The van der Waals surface area contributed by atoms with Crippen LogP contribution in [0.4, 0.5) is 0 Å². The second kappa shape index (κ2) is 5.86. The van der Waals surface area contributed by atoms with Gasteiger partial charge in [-0.15, -0.1) is 0 Å². The van der Waals surface area contributed by atoms with Crippen molar-refractivity contribution in [3.63, 3.8) is 0 Å². The number of hydrogen-bond acceptors (Lipinski definition) is 4. The van der Waals surface area contributed by atoms with Gasteiger partial charge in [0.15, 0.2) is 0 Å². The molecule has 0 aliphatic carbocycles. The Morgan fingerprint density at radius 2 is 1.72 bits per heavy atom. The van der Waals surface area contributed by atoms with E-state index in [-0.39, 0.29) is 12.2 Å². The first-order valence-electron chi connectivity index (χ1n) is 6.81. The summed E-state index contributed by atoms with van der Waals surface area (Å²) in [5, 5.41) is 3.27. The first kappa shape index (κ1) is 14.2. The standard InChI is InChI=1S/C12H24N2O3S/c1-10-7-14(8-11(2)17-10)18(15,16)9-12-3-5-13-6-4-12/h10-13H,3-9H2,1-2H3. The number of morpholine rings is 1. The van der Waals surface area contributed by atoms with Crippen molar-refractivity contribution >= 4 is 10.0 Å². The first-order chi connectivity index (χ1) is 8.47. The van der Waals surface area contributed by atoms with Crippen LogP contribution in [0.25, 0.3) is 0 Å². The van der Waals surface area contributed by atoms with E-state index >= 15 is 0 Å². The Morgan fingerprint density at radius 1 is 1.17 bits per heavy atom. The van der Waals surface area contributed by atoms with Crippen LogP contribution in [0.3, 0.4) is 0 Å². The van der Waals surface area contributed by atoms with Crippen LogP contribution in [0, 0.1) is 5.92 Å². The van der Waals surface area contributed by atoms with Crippen LogP contribution in [-0.4, -0.2) is 56.9 Å². The predicted octanol–water partition coefficient (Wildman–Crippen LogP) is 0.425. The molecule has 6 heteroatoms. The van der Waals surface area contributed by atoms with Gasteiger partial charge in [0.25, 0.3) is 0 Å². The van der Waals surface area contributed by atoms with Crippen molar-refractivity contribution in [2.75, 3.05) is 31.9 Å². The molecule has 0 aromatic carbocycles.